The molecule has 4 rings (SSSR count). The molecule has 0 aromatic carbocycles. The van der Waals surface area contributed by atoms with E-state index in [1.54, 1.807) is 0 Å². The van der Waals surface area contributed by atoms with E-state index in [1.807, 2.05) is 0 Å². The van der Waals surface area contributed by atoms with Crippen LogP contribution < -0.4 is 0 Å². The Labute approximate surface area is 91.1 Å². The summed E-state index contributed by atoms with van der Waals surface area (Å²) in [5.41, 5.74) is 0.183. The molecular weight excluding hydrogens is 188 g/mol. The largest absolute Gasteiger partial charge is 0.481 e. The molecule has 2 unspecified atom stereocenters. The van der Waals surface area contributed by atoms with Gasteiger partial charge in [0.25, 0.3) is 0 Å². The summed E-state index contributed by atoms with van der Waals surface area (Å²) in [6.45, 7) is 4.58. The first-order chi connectivity index (χ1) is 6.85. The van der Waals surface area contributed by atoms with Crippen LogP contribution in [-0.2, 0) is 4.79 Å². The van der Waals surface area contributed by atoms with E-state index in [1.165, 1.54) is 25.2 Å². The first kappa shape index (κ1) is 9.68. The number of aliphatic carboxylic acids is 1. The maximum Gasteiger partial charge on any atom is 0.309 e. The van der Waals surface area contributed by atoms with Gasteiger partial charge in [0.15, 0.2) is 0 Å². The van der Waals surface area contributed by atoms with Gasteiger partial charge < -0.3 is 5.11 Å². The van der Waals surface area contributed by atoms with Crippen LogP contribution in [-0.4, -0.2) is 11.1 Å². The molecule has 4 fully saturated rings. The normalized spacial score (nSPS) is 53.5. The third kappa shape index (κ3) is 1.20. The second-order valence-corrected chi connectivity index (χ2v) is 7.02. The van der Waals surface area contributed by atoms with E-state index in [-0.39, 0.29) is 10.8 Å². The Hall–Kier alpha value is -0.530. The molecular formula is C13H19O2. The summed E-state index contributed by atoms with van der Waals surface area (Å²) >= 11 is 0. The minimum absolute atomic E-state index is 0.289. The summed E-state index contributed by atoms with van der Waals surface area (Å²) in [6, 6.07) is 0. The molecule has 0 aromatic heterocycles. The molecule has 1 radical (unpaired) electrons. The molecule has 83 valence electrons. The van der Waals surface area contributed by atoms with Crippen LogP contribution in [0, 0.1) is 22.2 Å². The smallest absolute Gasteiger partial charge is 0.309 e. The van der Waals surface area contributed by atoms with Crippen LogP contribution in [0.25, 0.3) is 0 Å². The molecule has 0 aromatic rings. The summed E-state index contributed by atoms with van der Waals surface area (Å²) < 4.78 is 0. The molecule has 4 aliphatic rings. The Morgan fingerprint density at radius 1 is 1.07 bits per heavy atom. The highest BCUT2D eigenvalue weighted by Gasteiger charge is 2.63. The lowest BCUT2D eigenvalue weighted by atomic mass is 9.40. The molecule has 2 heteroatoms. The Kier molecular flexibility index (Phi) is 1.56. The number of rotatable bonds is 1. The molecule has 1 N–H and O–H groups in total. The van der Waals surface area contributed by atoms with Crippen molar-refractivity contribution in [2.45, 2.75) is 52.4 Å². The van der Waals surface area contributed by atoms with E-state index < -0.39 is 11.4 Å². The van der Waals surface area contributed by atoms with E-state index in [9.17, 15) is 9.90 Å². The molecule has 2 atom stereocenters. The quantitative estimate of drug-likeness (QED) is 0.717. The number of carboxylic acids is 1. The van der Waals surface area contributed by atoms with Crippen molar-refractivity contribution in [3.8, 4) is 0 Å². The van der Waals surface area contributed by atoms with Gasteiger partial charge in [-0.1, -0.05) is 13.8 Å². The number of hydrogen-bond acceptors (Lipinski definition) is 1. The van der Waals surface area contributed by atoms with Gasteiger partial charge in [-0.15, -0.1) is 0 Å². The van der Waals surface area contributed by atoms with E-state index in [0.717, 1.165) is 19.3 Å². The highest BCUT2D eigenvalue weighted by atomic mass is 16.4. The predicted molar refractivity (Wildman–Crippen MR) is 57.2 cm³/mol. The highest BCUT2D eigenvalue weighted by molar-refractivity contribution is 5.76. The summed E-state index contributed by atoms with van der Waals surface area (Å²) in [6.07, 6.45) is 6.31. The second-order valence-electron chi connectivity index (χ2n) is 7.02. The summed E-state index contributed by atoms with van der Waals surface area (Å²) in [5, 5.41) is 9.49. The van der Waals surface area contributed by atoms with Crippen molar-refractivity contribution in [1.82, 2.24) is 0 Å². The van der Waals surface area contributed by atoms with Crippen LogP contribution in [0.3, 0.4) is 0 Å². The molecule has 4 saturated carbocycles. The van der Waals surface area contributed by atoms with E-state index >= 15 is 0 Å². The van der Waals surface area contributed by atoms with Crippen molar-refractivity contribution < 1.29 is 9.90 Å². The summed E-state index contributed by atoms with van der Waals surface area (Å²) in [7, 11) is 0. The Morgan fingerprint density at radius 2 is 1.60 bits per heavy atom. The average molecular weight is 207 g/mol. The van der Waals surface area contributed by atoms with Crippen LogP contribution in [0.5, 0.6) is 0 Å². The molecule has 15 heavy (non-hydrogen) atoms. The van der Waals surface area contributed by atoms with Gasteiger partial charge in [-0.05, 0) is 55.3 Å². The maximum atomic E-state index is 11.5. The van der Waals surface area contributed by atoms with Crippen molar-refractivity contribution in [3.63, 3.8) is 0 Å². The third-order valence-electron chi connectivity index (χ3n) is 4.78. The highest BCUT2D eigenvalue weighted by Crippen LogP contribution is 2.70. The first-order valence-electron chi connectivity index (χ1n) is 5.92. The van der Waals surface area contributed by atoms with Gasteiger partial charge in [0, 0.05) is 0 Å². The lowest BCUT2D eigenvalue weighted by Crippen LogP contribution is -2.57. The summed E-state index contributed by atoms with van der Waals surface area (Å²) in [5.74, 6) is 0.989. The van der Waals surface area contributed by atoms with Crippen LogP contribution in [0.4, 0.5) is 0 Å². The second kappa shape index (κ2) is 2.41. The van der Waals surface area contributed by atoms with Gasteiger partial charge >= 0.3 is 5.97 Å². The van der Waals surface area contributed by atoms with Crippen LogP contribution in [0.1, 0.15) is 52.4 Å². The molecule has 2 nitrogen and oxygen atoms in total. The molecule has 0 aliphatic heterocycles. The molecule has 0 amide bonds. The fourth-order valence-electron chi connectivity index (χ4n) is 5.33. The number of carbonyl (C=O) groups is 1. The van der Waals surface area contributed by atoms with Crippen molar-refractivity contribution in [1.29, 1.82) is 0 Å². The fourth-order valence-corrected chi connectivity index (χ4v) is 5.33. The zero-order valence-electron chi connectivity index (χ0n) is 9.60. The zero-order chi connectivity index (χ0) is 10.9. The van der Waals surface area contributed by atoms with Gasteiger partial charge in [-0.2, -0.15) is 0 Å². The molecule has 0 spiro atoms. The lowest BCUT2D eigenvalue weighted by Gasteiger charge is -2.63. The van der Waals surface area contributed by atoms with Gasteiger partial charge in [-0.3, -0.25) is 4.79 Å². The minimum atomic E-state index is -0.545. The topological polar surface area (TPSA) is 37.3 Å². The van der Waals surface area contributed by atoms with E-state index in [0.29, 0.717) is 0 Å². The van der Waals surface area contributed by atoms with E-state index in [4.69, 9.17) is 0 Å². The van der Waals surface area contributed by atoms with Crippen LogP contribution in [0.15, 0.2) is 0 Å². The number of carboxylic acid groups (broad SMARTS) is 1. The Bertz CT molecular complexity index is 315. The number of hydrogen-bond donors (Lipinski definition) is 1. The lowest BCUT2D eigenvalue weighted by molar-refractivity contribution is -0.170. The van der Waals surface area contributed by atoms with Gasteiger partial charge in [0.05, 0.1) is 5.41 Å². The average Bonchev–Trinajstić information content (AvgIpc) is 1.95. The Balaban J connectivity index is 2.05. The monoisotopic (exact) mass is 207 g/mol. The van der Waals surface area contributed by atoms with Crippen molar-refractivity contribution in [2.24, 2.45) is 16.2 Å². The molecule has 4 bridgehead atoms. The van der Waals surface area contributed by atoms with Crippen molar-refractivity contribution >= 4 is 5.97 Å². The maximum absolute atomic E-state index is 11.5. The van der Waals surface area contributed by atoms with Crippen LogP contribution in [0.2, 0.25) is 0 Å². The zero-order valence-corrected chi connectivity index (χ0v) is 9.60. The fraction of sp³-hybridized carbons (Fsp3) is 0.846. The standard InChI is InChI=1S/C13H19O2/c1-11-3-9-4-12(2,6-11)8-13(5-9,7-11)10(14)15/h3-8H2,1-2H3,(H,14,15). The van der Waals surface area contributed by atoms with Crippen molar-refractivity contribution in [2.75, 3.05) is 0 Å². The first-order valence-corrected chi connectivity index (χ1v) is 5.92. The molecule has 0 heterocycles. The molecule has 4 aliphatic carbocycles. The van der Waals surface area contributed by atoms with Gasteiger partial charge in [0.1, 0.15) is 0 Å². The van der Waals surface area contributed by atoms with E-state index in [2.05, 4.69) is 13.8 Å². The van der Waals surface area contributed by atoms with Gasteiger partial charge in [-0.25, -0.2) is 0 Å². The summed E-state index contributed by atoms with van der Waals surface area (Å²) in [4.78, 5) is 11.5. The molecule has 0 saturated heterocycles. The minimum Gasteiger partial charge on any atom is -0.481 e. The Morgan fingerprint density at radius 3 is 2.00 bits per heavy atom. The predicted octanol–water partition coefficient (Wildman–Crippen LogP) is 3.03. The van der Waals surface area contributed by atoms with Gasteiger partial charge in [0.2, 0.25) is 0 Å². The SMILES string of the molecule is CC12C[C]3CC(C)(C1)CC(C(=O)O)(C3)C2. The van der Waals surface area contributed by atoms with Crippen LogP contribution >= 0.6 is 0 Å². The third-order valence-corrected chi connectivity index (χ3v) is 4.78. The van der Waals surface area contributed by atoms with Crippen molar-refractivity contribution in [3.05, 3.63) is 5.92 Å².